The molecule has 1 atom stereocenters. The van der Waals surface area contributed by atoms with Crippen molar-refractivity contribution >= 4 is 27.7 Å². The summed E-state index contributed by atoms with van der Waals surface area (Å²) in [7, 11) is 0. The van der Waals surface area contributed by atoms with Crippen molar-refractivity contribution in [1.29, 1.82) is 0 Å². The summed E-state index contributed by atoms with van der Waals surface area (Å²) < 4.78 is 2.99. The van der Waals surface area contributed by atoms with Crippen LogP contribution in [0.2, 0.25) is 0 Å². The number of hydrogen-bond acceptors (Lipinski definition) is 3. The summed E-state index contributed by atoms with van der Waals surface area (Å²) >= 11 is 3.51. The summed E-state index contributed by atoms with van der Waals surface area (Å²) in [6, 6.07) is 7.97. The summed E-state index contributed by atoms with van der Waals surface area (Å²) in [4.78, 5) is 27.3. The molecule has 2 aliphatic heterocycles. The third-order valence-electron chi connectivity index (χ3n) is 6.07. The molecule has 1 aromatic carbocycles. The van der Waals surface area contributed by atoms with E-state index in [2.05, 4.69) is 32.4 Å². The number of carbonyl (C=O) groups is 2. The van der Waals surface area contributed by atoms with Crippen LogP contribution in [0.3, 0.4) is 0 Å². The molecule has 1 aromatic heterocycles. The van der Waals surface area contributed by atoms with E-state index in [0.29, 0.717) is 6.54 Å². The van der Waals surface area contributed by atoms with Crippen molar-refractivity contribution in [2.45, 2.75) is 43.7 Å². The molecule has 3 aliphatic rings. The monoisotopic (exact) mass is 428 g/mol. The van der Waals surface area contributed by atoms with Gasteiger partial charge in [0.2, 0.25) is 5.91 Å². The van der Waals surface area contributed by atoms with Gasteiger partial charge in [-0.05, 0) is 49.1 Å². The number of aromatic nitrogens is 2. The Bertz CT molecular complexity index is 934. The van der Waals surface area contributed by atoms with Gasteiger partial charge in [-0.15, -0.1) is 0 Å². The standard InChI is InChI=1S/C20H21BrN4O2/c21-13-1-2-16-17(9-13)20(5-6-20)12-24(19(16)27)11-18(26)23-14-4-8-25-15(10-14)3-7-22-25/h1-3,7,9,14H,4-6,8,10-12H2,(H,23,26). The molecule has 2 amide bonds. The van der Waals surface area contributed by atoms with Crippen molar-refractivity contribution in [1.82, 2.24) is 20.0 Å². The number of carbonyl (C=O) groups excluding carboxylic acids is 2. The fraction of sp³-hybridized carbons (Fsp3) is 0.450. The van der Waals surface area contributed by atoms with Gasteiger partial charge in [-0.1, -0.05) is 15.9 Å². The Hall–Kier alpha value is -2.15. The van der Waals surface area contributed by atoms with E-state index in [-0.39, 0.29) is 29.8 Å². The van der Waals surface area contributed by atoms with E-state index in [1.807, 2.05) is 22.9 Å². The Balaban J connectivity index is 1.28. The quantitative estimate of drug-likeness (QED) is 0.814. The van der Waals surface area contributed by atoms with Crippen molar-refractivity contribution in [3.63, 3.8) is 0 Å². The fourth-order valence-electron chi connectivity index (χ4n) is 4.48. The first-order chi connectivity index (χ1) is 13.0. The summed E-state index contributed by atoms with van der Waals surface area (Å²) in [5.74, 6) is -0.107. The third kappa shape index (κ3) is 2.98. The van der Waals surface area contributed by atoms with E-state index in [1.165, 1.54) is 0 Å². The summed E-state index contributed by atoms with van der Waals surface area (Å²) in [5.41, 5.74) is 3.08. The van der Waals surface area contributed by atoms with Crippen LogP contribution in [0.4, 0.5) is 0 Å². The molecule has 0 bridgehead atoms. The lowest BCUT2D eigenvalue weighted by molar-refractivity contribution is -0.122. The van der Waals surface area contributed by atoms with Crippen LogP contribution in [-0.2, 0) is 23.2 Å². The molecule has 1 aliphatic carbocycles. The van der Waals surface area contributed by atoms with Crippen molar-refractivity contribution in [3.8, 4) is 0 Å². The van der Waals surface area contributed by atoms with E-state index >= 15 is 0 Å². The minimum atomic E-state index is -0.0716. The molecule has 1 saturated carbocycles. The van der Waals surface area contributed by atoms with E-state index in [0.717, 1.165) is 53.5 Å². The van der Waals surface area contributed by atoms with Gasteiger partial charge in [-0.3, -0.25) is 14.3 Å². The Morgan fingerprint density at radius 3 is 3.00 bits per heavy atom. The van der Waals surface area contributed by atoms with Crippen LogP contribution in [0.15, 0.2) is 34.9 Å². The molecule has 5 rings (SSSR count). The molecule has 1 fully saturated rings. The molecule has 0 saturated heterocycles. The van der Waals surface area contributed by atoms with Crippen LogP contribution in [0, 0.1) is 0 Å². The Kier molecular flexibility index (Phi) is 3.89. The lowest BCUT2D eigenvalue weighted by Crippen LogP contribution is -2.50. The number of rotatable bonds is 3. The minimum Gasteiger partial charge on any atom is -0.351 e. The van der Waals surface area contributed by atoms with Gasteiger partial charge in [0.05, 0.1) is 6.54 Å². The zero-order chi connectivity index (χ0) is 18.6. The lowest BCUT2D eigenvalue weighted by Gasteiger charge is -2.35. The van der Waals surface area contributed by atoms with Crippen molar-refractivity contribution in [2.24, 2.45) is 0 Å². The second-order valence-corrected chi connectivity index (χ2v) is 8.85. The van der Waals surface area contributed by atoms with Gasteiger partial charge >= 0.3 is 0 Å². The number of halogens is 1. The van der Waals surface area contributed by atoms with E-state index in [4.69, 9.17) is 0 Å². The molecule has 140 valence electrons. The zero-order valence-corrected chi connectivity index (χ0v) is 16.5. The van der Waals surface area contributed by atoms with Gasteiger partial charge in [0.1, 0.15) is 0 Å². The Morgan fingerprint density at radius 2 is 2.19 bits per heavy atom. The van der Waals surface area contributed by atoms with Gasteiger partial charge in [0, 0.05) is 52.9 Å². The van der Waals surface area contributed by atoms with Crippen molar-refractivity contribution in [3.05, 3.63) is 51.8 Å². The lowest BCUT2D eigenvalue weighted by atomic mass is 9.86. The summed E-state index contributed by atoms with van der Waals surface area (Å²) in [6.07, 6.45) is 5.62. The maximum absolute atomic E-state index is 12.9. The van der Waals surface area contributed by atoms with Crippen LogP contribution >= 0.6 is 15.9 Å². The molecule has 7 heteroatoms. The highest BCUT2D eigenvalue weighted by Gasteiger charge is 2.51. The smallest absolute Gasteiger partial charge is 0.254 e. The first kappa shape index (κ1) is 17.0. The second kappa shape index (κ2) is 6.19. The van der Waals surface area contributed by atoms with Crippen LogP contribution in [-0.4, -0.2) is 45.6 Å². The van der Waals surface area contributed by atoms with E-state index < -0.39 is 0 Å². The molecule has 2 aromatic rings. The van der Waals surface area contributed by atoms with Crippen LogP contribution in [0.5, 0.6) is 0 Å². The molecule has 3 heterocycles. The van der Waals surface area contributed by atoms with Gasteiger partial charge in [0.25, 0.3) is 5.91 Å². The molecular formula is C20H21BrN4O2. The first-order valence-electron chi connectivity index (χ1n) is 9.43. The average Bonchev–Trinajstić information content (AvgIpc) is 3.26. The predicted octanol–water partition coefficient (Wildman–Crippen LogP) is 2.26. The van der Waals surface area contributed by atoms with Crippen LogP contribution in [0.1, 0.15) is 40.9 Å². The third-order valence-corrected chi connectivity index (χ3v) is 6.56. The molecule has 0 radical (unpaired) electrons. The number of aryl methyl sites for hydroxylation is 1. The Labute approximate surface area is 166 Å². The predicted molar refractivity (Wildman–Crippen MR) is 103 cm³/mol. The number of nitrogens with one attached hydrogen (secondary N) is 1. The summed E-state index contributed by atoms with van der Waals surface area (Å²) in [6.45, 7) is 1.59. The largest absolute Gasteiger partial charge is 0.351 e. The maximum Gasteiger partial charge on any atom is 0.254 e. The zero-order valence-electron chi connectivity index (χ0n) is 14.9. The average molecular weight is 429 g/mol. The van der Waals surface area contributed by atoms with Gasteiger partial charge in [-0.2, -0.15) is 5.10 Å². The maximum atomic E-state index is 12.9. The highest BCUT2D eigenvalue weighted by atomic mass is 79.9. The van der Waals surface area contributed by atoms with E-state index in [1.54, 1.807) is 11.1 Å². The first-order valence-corrected chi connectivity index (χ1v) is 10.2. The normalized spacial score (nSPS) is 22.3. The van der Waals surface area contributed by atoms with Crippen molar-refractivity contribution < 1.29 is 9.59 Å². The summed E-state index contributed by atoms with van der Waals surface area (Å²) in [5, 5.41) is 7.39. The number of hydrogen-bond donors (Lipinski definition) is 1. The molecule has 27 heavy (non-hydrogen) atoms. The number of amides is 2. The minimum absolute atomic E-state index is 0.0353. The fourth-order valence-corrected chi connectivity index (χ4v) is 4.84. The molecule has 1 spiro atoms. The number of fused-ring (bicyclic) bond motifs is 3. The molecular weight excluding hydrogens is 408 g/mol. The van der Waals surface area contributed by atoms with Crippen LogP contribution in [0.25, 0.3) is 0 Å². The number of nitrogens with zero attached hydrogens (tertiary/aromatic N) is 3. The highest BCUT2D eigenvalue weighted by molar-refractivity contribution is 9.10. The molecule has 1 N–H and O–H groups in total. The van der Waals surface area contributed by atoms with E-state index in [9.17, 15) is 9.59 Å². The molecule has 6 nitrogen and oxygen atoms in total. The van der Waals surface area contributed by atoms with Gasteiger partial charge in [-0.25, -0.2) is 0 Å². The Morgan fingerprint density at radius 1 is 1.33 bits per heavy atom. The molecule has 1 unspecified atom stereocenters. The van der Waals surface area contributed by atoms with Gasteiger partial charge < -0.3 is 10.2 Å². The van der Waals surface area contributed by atoms with Gasteiger partial charge in [0.15, 0.2) is 0 Å². The van der Waals surface area contributed by atoms with Crippen LogP contribution < -0.4 is 5.32 Å². The second-order valence-electron chi connectivity index (χ2n) is 7.93. The topological polar surface area (TPSA) is 67.2 Å². The number of benzene rings is 1. The SMILES string of the molecule is O=C(CN1CC2(CC2)c2cc(Br)ccc2C1=O)NC1CCn2nccc2C1. The van der Waals surface area contributed by atoms with Crippen molar-refractivity contribution in [2.75, 3.05) is 13.1 Å². The highest BCUT2D eigenvalue weighted by Crippen LogP contribution is 2.52.